The maximum absolute atomic E-state index is 12.6. The van der Waals surface area contributed by atoms with Crippen LogP contribution >= 0.6 is 36.2 Å². The maximum Gasteiger partial charge on any atom is 0.263 e. The molecule has 1 amide bonds. The van der Waals surface area contributed by atoms with Crippen molar-refractivity contribution in [1.29, 1.82) is 0 Å². The van der Waals surface area contributed by atoms with E-state index in [0.717, 1.165) is 42.2 Å². The molecule has 2 aromatic rings. The van der Waals surface area contributed by atoms with Crippen LogP contribution in [0.15, 0.2) is 30.3 Å². The van der Waals surface area contributed by atoms with Crippen molar-refractivity contribution in [2.75, 3.05) is 13.1 Å². The third kappa shape index (κ3) is 4.91. The second-order valence-electron chi connectivity index (χ2n) is 5.29. The number of hydrogen-bond acceptors (Lipinski definition) is 4. The average molecular weight is 374 g/mol. The van der Waals surface area contributed by atoms with Gasteiger partial charge < -0.3 is 10.6 Å². The van der Waals surface area contributed by atoms with E-state index in [2.05, 4.69) is 15.6 Å². The highest BCUT2D eigenvalue weighted by atomic mass is 35.5. The Hall–Kier alpha value is -1.14. The van der Waals surface area contributed by atoms with Gasteiger partial charge in [-0.2, -0.15) is 0 Å². The zero-order chi connectivity index (χ0) is 14.7. The van der Waals surface area contributed by atoms with Crippen LogP contribution in [0.3, 0.4) is 0 Å². The summed E-state index contributed by atoms with van der Waals surface area (Å²) in [5, 5.41) is 7.36. The predicted molar refractivity (Wildman–Crippen MR) is 100 cm³/mol. The van der Waals surface area contributed by atoms with Gasteiger partial charge in [-0.25, -0.2) is 4.98 Å². The van der Waals surface area contributed by atoms with Crippen LogP contribution in [0.25, 0.3) is 11.3 Å². The molecule has 0 spiro atoms. The van der Waals surface area contributed by atoms with Crippen molar-refractivity contribution in [1.82, 2.24) is 15.6 Å². The topological polar surface area (TPSA) is 54.0 Å². The number of carbonyl (C=O) groups is 1. The van der Waals surface area contributed by atoms with Crippen LogP contribution in [0.2, 0.25) is 0 Å². The Kier molecular flexibility index (Phi) is 7.99. The van der Waals surface area contributed by atoms with Gasteiger partial charge in [-0.3, -0.25) is 4.79 Å². The Balaban J connectivity index is 0.00000132. The molecule has 126 valence electrons. The van der Waals surface area contributed by atoms with Crippen molar-refractivity contribution in [2.24, 2.45) is 0 Å². The third-order valence-electron chi connectivity index (χ3n) is 3.62. The van der Waals surface area contributed by atoms with Crippen molar-refractivity contribution >= 4 is 42.1 Å². The largest absolute Gasteiger partial charge is 0.347 e. The lowest BCUT2D eigenvalue weighted by Crippen LogP contribution is -2.45. The van der Waals surface area contributed by atoms with E-state index in [4.69, 9.17) is 0 Å². The highest BCUT2D eigenvalue weighted by Crippen LogP contribution is 2.28. The monoisotopic (exact) mass is 373 g/mol. The van der Waals surface area contributed by atoms with Crippen LogP contribution in [0.4, 0.5) is 0 Å². The minimum Gasteiger partial charge on any atom is -0.347 e. The molecule has 3 rings (SSSR count). The quantitative estimate of drug-likeness (QED) is 0.865. The third-order valence-corrected chi connectivity index (χ3v) is 4.59. The molecule has 1 aromatic carbocycles. The van der Waals surface area contributed by atoms with Crippen molar-refractivity contribution in [3.8, 4) is 11.3 Å². The Morgan fingerprint density at radius 1 is 1.30 bits per heavy atom. The molecule has 0 bridgehead atoms. The fourth-order valence-corrected chi connectivity index (χ4v) is 3.44. The normalized spacial score (nSPS) is 16.8. The number of amides is 1. The summed E-state index contributed by atoms with van der Waals surface area (Å²) in [4.78, 5) is 17.8. The lowest BCUT2D eigenvalue weighted by Gasteiger charge is -2.23. The lowest BCUT2D eigenvalue weighted by atomic mass is 10.1. The van der Waals surface area contributed by atoms with E-state index in [9.17, 15) is 4.79 Å². The fraction of sp³-hybridized carbons (Fsp3) is 0.375. The first-order chi connectivity index (χ1) is 10.2. The fourth-order valence-electron chi connectivity index (χ4n) is 2.60. The minimum absolute atomic E-state index is 0. The molecule has 1 fully saturated rings. The molecule has 1 atom stereocenters. The zero-order valence-corrected chi connectivity index (χ0v) is 15.3. The number of aromatic nitrogens is 1. The van der Waals surface area contributed by atoms with Gasteiger partial charge in [-0.05, 0) is 26.3 Å². The number of hydrogen-bond donors (Lipinski definition) is 2. The summed E-state index contributed by atoms with van der Waals surface area (Å²) in [5.41, 5.74) is 1.79. The molecule has 0 radical (unpaired) electrons. The number of nitrogens with one attached hydrogen (secondary N) is 2. The standard InChI is InChI=1S/C16H19N3OS.2ClH/c1-11-18-14(12-6-3-2-4-7-12)15(21-11)16(20)19-13-8-5-9-17-10-13;;/h2-4,6-7,13,17H,5,8-10H2,1H3,(H,19,20);2*1H/t13-;;/m0../s1. The summed E-state index contributed by atoms with van der Waals surface area (Å²) in [5.74, 6) is -0.00634. The summed E-state index contributed by atoms with van der Waals surface area (Å²) in [6.45, 7) is 3.83. The van der Waals surface area contributed by atoms with Crippen LogP contribution in [-0.4, -0.2) is 30.0 Å². The lowest BCUT2D eigenvalue weighted by molar-refractivity contribution is 0.0935. The van der Waals surface area contributed by atoms with Crippen molar-refractivity contribution in [3.63, 3.8) is 0 Å². The van der Waals surface area contributed by atoms with Gasteiger partial charge in [-0.1, -0.05) is 30.3 Å². The van der Waals surface area contributed by atoms with Gasteiger partial charge in [0, 0.05) is 18.2 Å². The van der Waals surface area contributed by atoms with E-state index in [-0.39, 0.29) is 36.8 Å². The van der Waals surface area contributed by atoms with Crippen molar-refractivity contribution in [2.45, 2.75) is 25.8 Å². The van der Waals surface area contributed by atoms with E-state index < -0.39 is 0 Å². The molecule has 2 N–H and O–H groups in total. The summed E-state index contributed by atoms with van der Waals surface area (Å²) < 4.78 is 0. The number of rotatable bonds is 3. The highest BCUT2D eigenvalue weighted by molar-refractivity contribution is 7.14. The van der Waals surface area contributed by atoms with Crippen LogP contribution in [-0.2, 0) is 0 Å². The summed E-state index contributed by atoms with van der Waals surface area (Å²) in [6.07, 6.45) is 2.15. The molecule has 1 aromatic heterocycles. The minimum atomic E-state index is -0.00634. The van der Waals surface area contributed by atoms with Gasteiger partial charge in [0.2, 0.25) is 0 Å². The van der Waals surface area contributed by atoms with Crippen molar-refractivity contribution in [3.05, 3.63) is 40.2 Å². The zero-order valence-electron chi connectivity index (χ0n) is 12.9. The van der Waals surface area contributed by atoms with E-state index >= 15 is 0 Å². The molecule has 7 heteroatoms. The van der Waals surface area contributed by atoms with Crippen LogP contribution < -0.4 is 10.6 Å². The number of thiazole rings is 1. The SMILES string of the molecule is Cc1nc(-c2ccccc2)c(C(=O)N[C@H]2CCCNC2)s1.Cl.Cl. The molecule has 1 saturated heterocycles. The van der Waals surface area contributed by atoms with Gasteiger partial charge in [0.05, 0.1) is 10.7 Å². The first-order valence-corrected chi connectivity index (χ1v) is 8.10. The van der Waals surface area contributed by atoms with Gasteiger partial charge in [0.15, 0.2) is 0 Å². The second-order valence-corrected chi connectivity index (χ2v) is 6.50. The van der Waals surface area contributed by atoms with Gasteiger partial charge in [-0.15, -0.1) is 36.2 Å². The molecule has 1 aliphatic rings. The molecule has 23 heavy (non-hydrogen) atoms. The molecule has 0 unspecified atom stereocenters. The Labute approximate surface area is 152 Å². The predicted octanol–water partition coefficient (Wildman–Crippen LogP) is 3.44. The summed E-state index contributed by atoms with van der Waals surface area (Å²) in [6, 6.07) is 10.1. The number of carbonyl (C=O) groups excluding carboxylic acids is 1. The maximum atomic E-state index is 12.6. The molecule has 1 aliphatic heterocycles. The highest BCUT2D eigenvalue weighted by Gasteiger charge is 2.21. The van der Waals surface area contributed by atoms with Crippen LogP contribution in [0, 0.1) is 6.92 Å². The molecule has 4 nitrogen and oxygen atoms in total. The Bertz CT molecular complexity index is 628. The van der Waals surface area contributed by atoms with E-state index in [0.29, 0.717) is 4.88 Å². The first kappa shape index (κ1) is 19.9. The molecule has 0 aliphatic carbocycles. The van der Waals surface area contributed by atoms with Gasteiger partial charge >= 0.3 is 0 Å². The Morgan fingerprint density at radius 3 is 2.70 bits per heavy atom. The summed E-state index contributed by atoms with van der Waals surface area (Å²) >= 11 is 1.46. The van der Waals surface area contributed by atoms with Crippen molar-refractivity contribution < 1.29 is 4.79 Å². The first-order valence-electron chi connectivity index (χ1n) is 7.28. The molecular weight excluding hydrogens is 353 g/mol. The molecule has 2 heterocycles. The smallest absolute Gasteiger partial charge is 0.263 e. The number of piperidine rings is 1. The summed E-state index contributed by atoms with van der Waals surface area (Å²) in [7, 11) is 0. The van der Waals surface area contributed by atoms with Gasteiger partial charge in [0.25, 0.3) is 5.91 Å². The van der Waals surface area contributed by atoms with E-state index in [1.807, 2.05) is 37.3 Å². The number of nitrogens with zero attached hydrogens (tertiary/aromatic N) is 1. The number of halogens is 2. The van der Waals surface area contributed by atoms with Crippen LogP contribution in [0.5, 0.6) is 0 Å². The average Bonchev–Trinajstić information content (AvgIpc) is 2.91. The molecular formula is C16H21Cl2N3OS. The Morgan fingerprint density at radius 2 is 2.04 bits per heavy atom. The second kappa shape index (κ2) is 9.23. The van der Waals surface area contributed by atoms with Crippen LogP contribution in [0.1, 0.15) is 27.5 Å². The number of aryl methyl sites for hydroxylation is 1. The number of benzene rings is 1. The van der Waals surface area contributed by atoms with Gasteiger partial charge in [0.1, 0.15) is 4.88 Å². The van der Waals surface area contributed by atoms with E-state index in [1.54, 1.807) is 0 Å². The molecule has 0 saturated carbocycles. The van der Waals surface area contributed by atoms with E-state index in [1.165, 1.54) is 11.3 Å².